The molecule has 0 atom stereocenters. The number of amides is 1. The number of ether oxygens (including phenoxy) is 1. The smallest absolute Gasteiger partial charge is 0.410 e. The van der Waals surface area contributed by atoms with Gasteiger partial charge in [-0.1, -0.05) is 13.8 Å². The number of hydrogen-bond donors (Lipinski definition) is 1. The van der Waals surface area contributed by atoms with Crippen LogP contribution in [0.25, 0.3) is 0 Å². The van der Waals surface area contributed by atoms with E-state index in [1.165, 1.54) is 12.8 Å². The standard InChI is InChI=1S/C16H32N2O2/c1-13(2)17-10-6-7-14-8-11-18(12-9-14)15(19)20-16(3,4)5/h13-14,17H,6-12H2,1-5H3. The average Bonchev–Trinajstić information content (AvgIpc) is 2.33. The van der Waals surface area contributed by atoms with Crippen molar-refractivity contribution in [2.24, 2.45) is 5.92 Å². The minimum absolute atomic E-state index is 0.155. The molecule has 0 radical (unpaired) electrons. The average molecular weight is 284 g/mol. The molecule has 0 bridgehead atoms. The maximum atomic E-state index is 11.9. The Labute approximate surface area is 124 Å². The first-order chi connectivity index (χ1) is 9.28. The van der Waals surface area contributed by atoms with Gasteiger partial charge in [0.05, 0.1) is 0 Å². The summed E-state index contributed by atoms with van der Waals surface area (Å²) in [6, 6.07) is 0.573. The van der Waals surface area contributed by atoms with Crippen LogP contribution in [0.3, 0.4) is 0 Å². The Kier molecular flexibility index (Phi) is 6.80. The largest absolute Gasteiger partial charge is 0.444 e. The van der Waals surface area contributed by atoms with Crippen LogP contribution in [0.1, 0.15) is 60.3 Å². The minimum atomic E-state index is -0.392. The van der Waals surface area contributed by atoms with E-state index in [0.717, 1.165) is 38.4 Å². The first kappa shape index (κ1) is 17.3. The molecule has 1 saturated heterocycles. The molecular weight excluding hydrogens is 252 g/mol. The highest BCUT2D eigenvalue weighted by atomic mass is 16.6. The van der Waals surface area contributed by atoms with E-state index in [-0.39, 0.29) is 6.09 Å². The molecule has 118 valence electrons. The number of hydrogen-bond acceptors (Lipinski definition) is 3. The van der Waals surface area contributed by atoms with Crippen molar-refractivity contribution in [3.8, 4) is 0 Å². The number of nitrogens with zero attached hydrogens (tertiary/aromatic N) is 1. The first-order valence-electron chi connectivity index (χ1n) is 7.99. The molecule has 4 heteroatoms. The normalized spacial score (nSPS) is 17.6. The highest BCUT2D eigenvalue weighted by molar-refractivity contribution is 5.68. The Morgan fingerprint density at radius 3 is 2.40 bits per heavy atom. The molecule has 1 N–H and O–H groups in total. The lowest BCUT2D eigenvalue weighted by Gasteiger charge is -2.33. The van der Waals surface area contributed by atoms with E-state index in [2.05, 4.69) is 19.2 Å². The van der Waals surface area contributed by atoms with Gasteiger partial charge in [0.2, 0.25) is 0 Å². The van der Waals surface area contributed by atoms with Crippen LogP contribution in [0.4, 0.5) is 4.79 Å². The summed E-state index contributed by atoms with van der Waals surface area (Å²) < 4.78 is 5.41. The highest BCUT2D eigenvalue weighted by Crippen LogP contribution is 2.23. The number of piperidine rings is 1. The van der Waals surface area contributed by atoms with Crippen molar-refractivity contribution in [2.75, 3.05) is 19.6 Å². The van der Waals surface area contributed by atoms with Crippen molar-refractivity contribution in [3.63, 3.8) is 0 Å². The Balaban J connectivity index is 2.18. The second-order valence-electron chi connectivity index (χ2n) is 7.16. The number of carbonyl (C=O) groups excluding carboxylic acids is 1. The lowest BCUT2D eigenvalue weighted by atomic mass is 9.92. The van der Waals surface area contributed by atoms with Gasteiger partial charge in [-0.05, 0) is 58.9 Å². The Morgan fingerprint density at radius 2 is 1.90 bits per heavy atom. The lowest BCUT2D eigenvalue weighted by molar-refractivity contribution is 0.0180. The van der Waals surface area contributed by atoms with Crippen molar-refractivity contribution >= 4 is 6.09 Å². The van der Waals surface area contributed by atoms with Crippen molar-refractivity contribution in [1.29, 1.82) is 0 Å². The molecule has 0 unspecified atom stereocenters. The predicted molar refractivity (Wildman–Crippen MR) is 82.9 cm³/mol. The van der Waals surface area contributed by atoms with Crippen molar-refractivity contribution in [2.45, 2.75) is 71.9 Å². The van der Waals surface area contributed by atoms with E-state index in [1.807, 2.05) is 25.7 Å². The SMILES string of the molecule is CC(C)NCCCC1CCN(C(=O)OC(C)(C)C)CC1. The third kappa shape index (κ3) is 7.13. The summed E-state index contributed by atoms with van der Waals surface area (Å²) in [5.41, 5.74) is -0.392. The van der Waals surface area contributed by atoms with Crippen LogP contribution in [0, 0.1) is 5.92 Å². The van der Waals surface area contributed by atoms with Crippen LogP contribution in [0.2, 0.25) is 0 Å². The summed E-state index contributed by atoms with van der Waals surface area (Å²) in [6.07, 6.45) is 4.57. The molecule has 1 aliphatic heterocycles. The summed E-state index contributed by atoms with van der Waals surface area (Å²) in [4.78, 5) is 13.8. The predicted octanol–water partition coefficient (Wildman–Crippen LogP) is 3.41. The fourth-order valence-corrected chi connectivity index (χ4v) is 2.51. The Hall–Kier alpha value is -0.770. The monoisotopic (exact) mass is 284 g/mol. The van der Waals surface area contributed by atoms with Gasteiger partial charge in [-0.25, -0.2) is 4.79 Å². The van der Waals surface area contributed by atoms with Crippen molar-refractivity contribution in [3.05, 3.63) is 0 Å². The fraction of sp³-hybridized carbons (Fsp3) is 0.938. The van der Waals surface area contributed by atoms with Crippen LogP contribution in [0.15, 0.2) is 0 Å². The van der Waals surface area contributed by atoms with Crippen LogP contribution in [-0.2, 0) is 4.74 Å². The van der Waals surface area contributed by atoms with E-state index < -0.39 is 5.60 Å². The molecule has 0 saturated carbocycles. The summed E-state index contributed by atoms with van der Waals surface area (Å²) >= 11 is 0. The van der Waals surface area contributed by atoms with Gasteiger partial charge in [0.25, 0.3) is 0 Å². The van der Waals surface area contributed by atoms with Gasteiger partial charge in [0.1, 0.15) is 5.60 Å². The molecule has 1 amide bonds. The van der Waals surface area contributed by atoms with E-state index in [4.69, 9.17) is 4.74 Å². The molecule has 1 heterocycles. The summed E-state index contributed by atoms with van der Waals surface area (Å²) in [5, 5.41) is 3.45. The molecule has 0 aliphatic carbocycles. The maximum absolute atomic E-state index is 11.9. The van der Waals surface area contributed by atoms with E-state index in [1.54, 1.807) is 0 Å². The minimum Gasteiger partial charge on any atom is -0.444 e. The fourth-order valence-electron chi connectivity index (χ4n) is 2.51. The van der Waals surface area contributed by atoms with E-state index in [0.29, 0.717) is 6.04 Å². The van der Waals surface area contributed by atoms with Gasteiger partial charge >= 0.3 is 6.09 Å². The molecule has 1 aliphatic rings. The molecule has 20 heavy (non-hydrogen) atoms. The molecule has 1 fully saturated rings. The molecule has 0 aromatic heterocycles. The summed E-state index contributed by atoms with van der Waals surface area (Å²) in [5.74, 6) is 0.766. The number of carbonyl (C=O) groups is 1. The van der Waals surface area contributed by atoms with Gasteiger partial charge < -0.3 is 15.0 Å². The Morgan fingerprint density at radius 1 is 1.30 bits per heavy atom. The molecule has 1 rings (SSSR count). The second kappa shape index (κ2) is 7.87. The molecule has 4 nitrogen and oxygen atoms in total. The third-order valence-corrected chi connectivity index (χ3v) is 3.61. The quantitative estimate of drug-likeness (QED) is 0.787. The summed E-state index contributed by atoms with van der Waals surface area (Å²) in [7, 11) is 0. The highest BCUT2D eigenvalue weighted by Gasteiger charge is 2.26. The van der Waals surface area contributed by atoms with Gasteiger partial charge in [0.15, 0.2) is 0 Å². The van der Waals surface area contributed by atoms with Gasteiger partial charge in [-0.2, -0.15) is 0 Å². The maximum Gasteiger partial charge on any atom is 0.410 e. The molecule has 0 aromatic rings. The van der Waals surface area contributed by atoms with Crippen LogP contribution < -0.4 is 5.32 Å². The zero-order valence-corrected chi connectivity index (χ0v) is 13.9. The number of nitrogens with one attached hydrogen (secondary N) is 1. The molecule has 0 spiro atoms. The van der Waals surface area contributed by atoms with Crippen molar-refractivity contribution in [1.82, 2.24) is 10.2 Å². The number of rotatable bonds is 5. The zero-order chi connectivity index (χ0) is 15.2. The van der Waals surface area contributed by atoms with Gasteiger partial charge in [0, 0.05) is 19.1 Å². The van der Waals surface area contributed by atoms with Crippen molar-refractivity contribution < 1.29 is 9.53 Å². The summed E-state index contributed by atoms with van der Waals surface area (Å²) in [6.45, 7) is 12.9. The van der Waals surface area contributed by atoms with E-state index >= 15 is 0 Å². The van der Waals surface area contributed by atoms with Crippen LogP contribution in [-0.4, -0.2) is 42.3 Å². The lowest BCUT2D eigenvalue weighted by Crippen LogP contribution is -2.41. The Bertz CT molecular complexity index is 289. The van der Waals surface area contributed by atoms with Crippen LogP contribution in [0.5, 0.6) is 0 Å². The zero-order valence-electron chi connectivity index (χ0n) is 13.9. The molecular formula is C16H32N2O2. The topological polar surface area (TPSA) is 41.6 Å². The van der Waals surface area contributed by atoms with Crippen LogP contribution >= 0.6 is 0 Å². The number of likely N-dealkylation sites (tertiary alicyclic amines) is 1. The van der Waals surface area contributed by atoms with E-state index in [9.17, 15) is 4.79 Å². The van der Waals surface area contributed by atoms with Gasteiger partial charge in [-0.15, -0.1) is 0 Å². The third-order valence-electron chi connectivity index (χ3n) is 3.61. The molecule has 0 aromatic carbocycles. The second-order valence-corrected chi connectivity index (χ2v) is 7.16. The van der Waals surface area contributed by atoms with Gasteiger partial charge in [-0.3, -0.25) is 0 Å². The first-order valence-corrected chi connectivity index (χ1v) is 7.99.